The van der Waals surface area contributed by atoms with Gasteiger partial charge >= 0.3 is 0 Å². The van der Waals surface area contributed by atoms with E-state index in [-0.39, 0.29) is 11.9 Å². The Morgan fingerprint density at radius 2 is 2.09 bits per heavy atom. The number of methoxy groups -OCH3 is 1. The van der Waals surface area contributed by atoms with Gasteiger partial charge in [-0.1, -0.05) is 25.8 Å². The van der Waals surface area contributed by atoms with Gasteiger partial charge in [-0.05, 0) is 85.9 Å². The molecule has 0 spiro atoms. The van der Waals surface area contributed by atoms with Gasteiger partial charge in [-0.2, -0.15) is 0 Å². The number of pyridine rings is 1. The van der Waals surface area contributed by atoms with E-state index in [0.29, 0.717) is 0 Å². The van der Waals surface area contributed by atoms with Crippen molar-refractivity contribution in [2.24, 2.45) is 0 Å². The lowest BCUT2D eigenvalue weighted by Gasteiger charge is -2.12. The molecule has 3 rings (SSSR count). The first-order valence-corrected chi connectivity index (χ1v) is 12.4. The molecule has 0 bridgehead atoms. The summed E-state index contributed by atoms with van der Waals surface area (Å²) in [6.07, 6.45) is 14.9. The van der Waals surface area contributed by atoms with E-state index in [1.165, 1.54) is 38.9 Å². The SMILES string of the molecule is CCCCCc1c(/C=C/C(=O)NC(C)CCCc2cccnc2)sc2cc(OC)ccc12. The highest BCUT2D eigenvalue weighted by Gasteiger charge is 2.12. The number of nitrogens with one attached hydrogen (secondary N) is 1. The zero-order valence-corrected chi connectivity index (χ0v) is 20.2. The fourth-order valence-corrected chi connectivity index (χ4v) is 5.08. The maximum absolute atomic E-state index is 12.5. The highest BCUT2D eigenvalue weighted by Crippen LogP contribution is 2.35. The van der Waals surface area contributed by atoms with Crippen LogP contribution in [0.1, 0.15) is 62.0 Å². The molecule has 0 saturated heterocycles. The van der Waals surface area contributed by atoms with Crippen molar-refractivity contribution in [1.29, 1.82) is 0 Å². The lowest BCUT2D eigenvalue weighted by Crippen LogP contribution is -2.31. The van der Waals surface area contributed by atoms with Gasteiger partial charge in [-0.3, -0.25) is 9.78 Å². The van der Waals surface area contributed by atoms with Crippen LogP contribution in [0.15, 0.2) is 48.8 Å². The Morgan fingerprint density at radius 1 is 1.22 bits per heavy atom. The Hall–Kier alpha value is -2.66. The Balaban J connectivity index is 1.61. The molecular weight excluding hydrogens is 416 g/mol. The monoisotopic (exact) mass is 450 g/mol. The third-order valence-corrected chi connectivity index (χ3v) is 6.82. The molecule has 1 amide bonds. The average Bonchev–Trinajstić information content (AvgIpc) is 3.15. The number of carbonyl (C=O) groups excluding carboxylic acids is 1. The molecule has 4 nitrogen and oxygen atoms in total. The van der Waals surface area contributed by atoms with E-state index in [2.05, 4.69) is 42.3 Å². The number of ether oxygens (including phenoxy) is 1. The molecule has 2 heterocycles. The third-order valence-electron chi connectivity index (χ3n) is 5.66. The highest BCUT2D eigenvalue weighted by atomic mass is 32.1. The number of aryl methyl sites for hydroxylation is 2. The summed E-state index contributed by atoms with van der Waals surface area (Å²) in [6, 6.07) is 10.5. The van der Waals surface area contributed by atoms with Crippen molar-refractivity contribution in [3.63, 3.8) is 0 Å². The van der Waals surface area contributed by atoms with Crippen LogP contribution in [0.5, 0.6) is 5.75 Å². The first-order chi connectivity index (χ1) is 15.6. The molecular formula is C27H34N2O2S. The normalized spacial score (nSPS) is 12.3. The van der Waals surface area contributed by atoms with Crippen LogP contribution < -0.4 is 10.1 Å². The first kappa shape index (κ1) is 24.0. The molecule has 1 atom stereocenters. The minimum absolute atomic E-state index is 0.0339. The molecule has 0 saturated carbocycles. The van der Waals surface area contributed by atoms with Crippen LogP contribution in [0, 0.1) is 0 Å². The quantitative estimate of drug-likeness (QED) is 0.250. The molecule has 0 aliphatic rings. The number of fused-ring (bicyclic) bond motifs is 1. The van der Waals surface area contributed by atoms with Gasteiger partial charge in [0, 0.05) is 34.1 Å². The minimum Gasteiger partial charge on any atom is -0.497 e. The lowest BCUT2D eigenvalue weighted by atomic mass is 10.0. The van der Waals surface area contributed by atoms with Gasteiger partial charge in [0.15, 0.2) is 0 Å². The van der Waals surface area contributed by atoms with Gasteiger partial charge in [0.2, 0.25) is 5.91 Å². The first-order valence-electron chi connectivity index (χ1n) is 11.6. The smallest absolute Gasteiger partial charge is 0.244 e. The molecule has 170 valence electrons. The van der Waals surface area contributed by atoms with Crippen molar-refractivity contribution >= 4 is 33.4 Å². The Labute approximate surface area is 195 Å². The number of benzene rings is 1. The molecule has 1 N–H and O–H groups in total. The topological polar surface area (TPSA) is 51.2 Å². The van der Waals surface area contributed by atoms with E-state index in [4.69, 9.17) is 4.74 Å². The molecule has 3 aromatic rings. The number of thiophene rings is 1. The minimum atomic E-state index is -0.0339. The highest BCUT2D eigenvalue weighted by molar-refractivity contribution is 7.20. The molecule has 0 fully saturated rings. The number of hydrogen-bond donors (Lipinski definition) is 1. The molecule has 32 heavy (non-hydrogen) atoms. The molecule has 0 radical (unpaired) electrons. The average molecular weight is 451 g/mol. The van der Waals surface area contributed by atoms with Crippen molar-refractivity contribution in [1.82, 2.24) is 10.3 Å². The number of amides is 1. The summed E-state index contributed by atoms with van der Waals surface area (Å²) in [5.41, 5.74) is 2.58. The predicted molar refractivity (Wildman–Crippen MR) is 135 cm³/mol. The van der Waals surface area contributed by atoms with Gasteiger partial charge < -0.3 is 10.1 Å². The number of unbranched alkanes of at least 4 members (excludes halogenated alkanes) is 2. The van der Waals surface area contributed by atoms with Crippen LogP contribution >= 0.6 is 11.3 Å². The number of nitrogens with zero attached hydrogens (tertiary/aromatic N) is 1. The van der Waals surface area contributed by atoms with E-state index in [1.54, 1.807) is 30.7 Å². The second-order valence-corrected chi connectivity index (χ2v) is 9.34. The van der Waals surface area contributed by atoms with Gasteiger partial charge in [0.05, 0.1) is 7.11 Å². The molecule has 0 aliphatic carbocycles. The largest absolute Gasteiger partial charge is 0.497 e. The molecule has 1 aromatic carbocycles. The predicted octanol–water partition coefficient (Wildman–Crippen LogP) is 6.58. The van der Waals surface area contributed by atoms with Crippen LogP contribution in [0.2, 0.25) is 0 Å². The van der Waals surface area contributed by atoms with Crippen molar-refractivity contribution in [2.45, 2.75) is 64.8 Å². The molecule has 0 aliphatic heterocycles. The van der Waals surface area contributed by atoms with Crippen molar-refractivity contribution in [3.8, 4) is 5.75 Å². The second kappa shape index (κ2) is 12.4. The van der Waals surface area contributed by atoms with E-state index >= 15 is 0 Å². The fraction of sp³-hybridized carbons (Fsp3) is 0.407. The number of hydrogen-bond acceptors (Lipinski definition) is 4. The van der Waals surface area contributed by atoms with Crippen LogP contribution in [0.3, 0.4) is 0 Å². The van der Waals surface area contributed by atoms with Gasteiger partial charge in [0.1, 0.15) is 5.75 Å². The van der Waals surface area contributed by atoms with Gasteiger partial charge in [-0.25, -0.2) is 0 Å². The maximum atomic E-state index is 12.5. The Bertz CT molecular complexity index is 1030. The summed E-state index contributed by atoms with van der Waals surface area (Å²) < 4.78 is 6.60. The molecule has 1 unspecified atom stereocenters. The third kappa shape index (κ3) is 6.92. The summed E-state index contributed by atoms with van der Waals surface area (Å²) >= 11 is 1.73. The number of rotatable bonds is 12. The summed E-state index contributed by atoms with van der Waals surface area (Å²) in [6.45, 7) is 4.29. The van der Waals surface area contributed by atoms with Crippen LogP contribution in [0.25, 0.3) is 16.2 Å². The summed E-state index contributed by atoms with van der Waals surface area (Å²) in [5.74, 6) is 0.834. The number of aromatic nitrogens is 1. The van der Waals surface area contributed by atoms with Crippen molar-refractivity contribution in [3.05, 3.63) is 64.8 Å². The standard InChI is InChI=1S/C27H34N2O2S/c1-4-5-6-12-23-24-14-13-22(31-3)18-26(24)32-25(23)15-16-27(30)29-20(2)9-7-10-21-11-8-17-28-19-21/h8,11,13-20H,4-7,9-10,12H2,1-3H3,(H,29,30)/b16-15+. The van der Waals surface area contributed by atoms with Gasteiger partial charge in [0.25, 0.3) is 0 Å². The van der Waals surface area contributed by atoms with Crippen molar-refractivity contribution < 1.29 is 9.53 Å². The Morgan fingerprint density at radius 3 is 2.84 bits per heavy atom. The summed E-state index contributed by atoms with van der Waals surface area (Å²) in [4.78, 5) is 17.8. The van der Waals surface area contributed by atoms with Gasteiger partial charge in [-0.15, -0.1) is 11.3 Å². The zero-order valence-electron chi connectivity index (χ0n) is 19.4. The zero-order chi connectivity index (χ0) is 22.8. The van der Waals surface area contributed by atoms with Crippen LogP contribution in [-0.4, -0.2) is 24.0 Å². The summed E-state index contributed by atoms with van der Waals surface area (Å²) in [7, 11) is 1.69. The fourth-order valence-electron chi connectivity index (χ4n) is 3.89. The summed E-state index contributed by atoms with van der Waals surface area (Å²) in [5, 5.41) is 4.38. The Kier molecular flexibility index (Phi) is 9.29. The van der Waals surface area contributed by atoms with Crippen molar-refractivity contribution in [2.75, 3.05) is 7.11 Å². The van der Waals surface area contributed by atoms with E-state index in [9.17, 15) is 4.79 Å². The molecule has 5 heteroatoms. The lowest BCUT2D eigenvalue weighted by molar-refractivity contribution is -0.117. The van der Waals surface area contributed by atoms with Crippen LogP contribution in [0.4, 0.5) is 0 Å². The number of carbonyl (C=O) groups is 1. The maximum Gasteiger partial charge on any atom is 0.244 e. The van der Waals surface area contributed by atoms with E-state index in [0.717, 1.165) is 37.9 Å². The van der Waals surface area contributed by atoms with E-state index in [1.807, 2.05) is 24.4 Å². The van der Waals surface area contributed by atoms with Crippen LogP contribution in [-0.2, 0) is 17.6 Å². The van der Waals surface area contributed by atoms with E-state index < -0.39 is 0 Å². The second-order valence-electron chi connectivity index (χ2n) is 8.26. The molecule has 2 aromatic heterocycles.